The number of likely N-dealkylation sites (tertiary alicyclic amines) is 1. The Hall–Kier alpha value is -1.62. The van der Waals surface area contributed by atoms with Crippen LogP contribution in [0.4, 0.5) is 0 Å². The highest BCUT2D eigenvalue weighted by atomic mass is 16.5. The number of methoxy groups -OCH3 is 1. The Balaban J connectivity index is 2.24. The van der Waals surface area contributed by atoms with Gasteiger partial charge in [-0.1, -0.05) is 0 Å². The summed E-state index contributed by atoms with van der Waals surface area (Å²) in [5, 5.41) is 0. The lowest BCUT2D eigenvalue weighted by Crippen LogP contribution is -2.40. The van der Waals surface area contributed by atoms with Crippen LogP contribution in [0.5, 0.6) is 5.88 Å². The standard InChI is InChI=1S/C12H17N3O2/c1-17-11-10(5-2-6-14-11)12(16)15-7-3-4-9(15)8-13/h2,5-6,9H,3-4,7-8,13H2,1H3. The molecular weight excluding hydrogens is 218 g/mol. The Kier molecular flexibility index (Phi) is 3.58. The van der Waals surface area contributed by atoms with E-state index >= 15 is 0 Å². The van der Waals surface area contributed by atoms with E-state index in [9.17, 15) is 4.79 Å². The van der Waals surface area contributed by atoms with Gasteiger partial charge in [-0.05, 0) is 25.0 Å². The van der Waals surface area contributed by atoms with Crippen LogP contribution in [0, 0.1) is 0 Å². The zero-order valence-electron chi connectivity index (χ0n) is 9.93. The van der Waals surface area contributed by atoms with Crippen molar-refractivity contribution in [2.75, 3.05) is 20.2 Å². The lowest BCUT2D eigenvalue weighted by Gasteiger charge is -2.23. The molecule has 0 spiro atoms. The van der Waals surface area contributed by atoms with E-state index in [2.05, 4.69) is 4.98 Å². The van der Waals surface area contributed by atoms with Gasteiger partial charge in [0, 0.05) is 25.3 Å². The van der Waals surface area contributed by atoms with E-state index in [0.717, 1.165) is 19.4 Å². The largest absolute Gasteiger partial charge is 0.480 e. The van der Waals surface area contributed by atoms with Gasteiger partial charge in [0.1, 0.15) is 5.56 Å². The van der Waals surface area contributed by atoms with E-state index in [1.807, 2.05) is 4.90 Å². The fraction of sp³-hybridized carbons (Fsp3) is 0.500. The summed E-state index contributed by atoms with van der Waals surface area (Å²) in [6, 6.07) is 3.62. The summed E-state index contributed by atoms with van der Waals surface area (Å²) in [5.74, 6) is 0.336. The minimum Gasteiger partial charge on any atom is -0.480 e. The number of carbonyl (C=O) groups is 1. The molecule has 1 amide bonds. The van der Waals surface area contributed by atoms with Gasteiger partial charge < -0.3 is 15.4 Å². The molecule has 1 aliphatic rings. The molecule has 5 heteroatoms. The highest BCUT2D eigenvalue weighted by Crippen LogP contribution is 2.22. The molecule has 17 heavy (non-hydrogen) atoms. The first-order valence-electron chi connectivity index (χ1n) is 5.78. The summed E-state index contributed by atoms with van der Waals surface area (Å²) in [7, 11) is 1.52. The van der Waals surface area contributed by atoms with E-state index in [0.29, 0.717) is 18.0 Å². The molecule has 0 bridgehead atoms. The number of hydrogen-bond acceptors (Lipinski definition) is 4. The van der Waals surface area contributed by atoms with Crippen molar-refractivity contribution >= 4 is 5.91 Å². The predicted molar refractivity (Wildman–Crippen MR) is 63.9 cm³/mol. The van der Waals surface area contributed by atoms with Gasteiger partial charge in [-0.2, -0.15) is 0 Å². The molecule has 1 fully saturated rings. The molecule has 0 aliphatic carbocycles. The zero-order chi connectivity index (χ0) is 12.3. The van der Waals surface area contributed by atoms with Crippen molar-refractivity contribution in [3.05, 3.63) is 23.9 Å². The minimum absolute atomic E-state index is 0.0390. The average Bonchev–Trinajstić information content (AvgIpc) is 2.86. The molecule has 2 rings (SSSR count). The Labute approximate surface area is 101 Å². The number of pyridine rings is 1. The van der Waals surface area contributed by atoms with Gasteiger partial charge in [-0.25, -0.2) is 4.98 Å². The minimum atomic E-state index is -0.0390. The monoisotopic (exact) mass is 235 g/mol. The van der Waals surface area contributed by atoms with Crippen LogP contribution < -0.4 is 10.5 Å². The summed E-state index contributed by atoms with van der Waals surface area (Å²) < 4.78 is 5.11. The van der Waals surface area contributed by atoms with E-state index in [1.54, 1.807) is 18.3 Å². The fourth-order valence-corrected chi connectivity index (χ4v) is 2.22. The third kappa shape index (κ3) is 2.24. The van der Waals surface area contributed by atoms with Gasteiger partial charge in [0.05, 0.1) is 7.11 Å². The normalized spacial score (nSPS) is 19.4. The van der Waals surface area contributed by atoms with Crippen LogP contribution in [-0.4, -0.2) is 42.0 Å². The van der Waals surface area contributed by atoms with Gasteiger partial charge in [-0.3, -0.25) is 4.79 Å². The van der Waals surface area contributed by atoms with Crippen molar-refractivity contribution in [3.8, 4) is 5.88 Å². The van der Waals surface area contributed by atoms with Gasteiger partial charge in [0.25, 0.3) is 5.91 Å². The first kappa shape index (κ1) is 11.9. The van der Waals surface area contributed by atoms with Crippen molar-refractivity contribution in [3.63, 3.8) is 0 Å². The van der Waals surface area contributed by atoms with Gasteiger partial charge in [0.15, 0.2) is 0 Å². The van der Waals surface area contributed by atoms with E-state index < -0.39 is 0 Å². The molecule has 1 atom stereocenters. The number of rotatable bonds is 3. The smallest absolute Gasteiger partial charge is 0.259 e. The number of amides is 1. The van der Waals surface area contributed by atoms with Crippen LogP contribution in [0.15, 0.2) is 18.3 Å². The van der Waals surface area contributed by atoms with Crippen molar-refractivity contribution < 1.29 is 9.53 Å². The van der Waals surface area contributed by atoms with E-state index in [1.165, 1.54) is 7.11 Å². The van der Waals surface area contributed by atoms with Crippen LogP contribution in [0.2, 0.25) is 0 Å². The maximum absolute atomic E-state index is 12.3. The van der Waals surface area contributed by atoms with Crippen LogP contribution in [-0.2, 0) is 0 Å². The summed E-state index contributed by atoms with van der Waals surface area (Å²) in [6.45, 7) is 1.27. The van der Waals surface area contributed by atoms with Crippen molar-refractivity contribution in [1.29, 1.82) is 0 Å². The number of carbonyl (C=O) groups excluding carboxylic acids is 1. The summed E-state index contributed by atoms with van der Waals surface area (Å²) in [4.78, 5) is 18.2. The molecule has 92 valence electrons. The highest BCUT2D eigenvalue weighted by molar-refractivity contribution is 5.96. The average molecular weight is 235 g/mol. The SMILES string of the molecule is COc1ncccc1C(=O)N1CCCC1CN. The summed E-state index contributed by atoms with van der Waals surface area (Å²) >= 11 is 0. The van der Waals surface area contributed by atoms with Crippen molar-refractivity contribution in [2.24, 2.45) is 5.73 Å². The maximum atomic E-state index is 12.3. The molecule has 0 aromatic carbocycles. The van der Waals surface area contributed by atoms with Gasteiger partial charge in [-0.15, -0.1) is 0 Å². The number of ether oxygens (including phenoxy) is 1. The molecule has 0 radical (unpaired) electrons. The number of nitrogens with two attached hydrogens (primary N) is 1. The molecule has 5 nitrogen and oxygen atoms in total. The lowest BCUT2D eigenvalue weighted by atomic mass is 10.2. The fourth-order valence-electron chi connectivity index (χ4n) is 2.22. The van der Waals surface area contributed by atoms with E-state index in [-0.39, 0.29) is 11.9 Å². The first-order valence-corrected chi connectivity index (χ1v) is 5.78. The Morgan fingerprint density at radius 2 is 2.53 bits per heavy atom. The molecule has 1 aromatic rings. The molecule has 1 saturated heterocycles. The quantitative estimate of drug-likeness (QED) is 0.835. The molecular formula is C12H17N3O2. The topological polar surface area (TPSA) is 68.5 Å². The highest BCUT2D eigenvalue weighted by Gasteiger charge is 2.29. The van der Waals surface area contributed by atoms with Crippen LogP contribution in [0.1, 0.15) is 23.2 Å². The predicted octanol–water partition coefficient (Wildman–Crippen LogP) is 0.654. The molecule has 1 unspecified atom stereocenters. The van der Waals surface area contributed by atoms with Crippen molar-refractivity contribution in [2.45, 2.75) is 18.9 Å². The van der Waals surface area contributed by atoms with Gasteiger partial charge in [0.2, 0.25) is 5.88 Å². The second kappa shape index (κ2) is 5.14. The summed E-state index contributed by atoms with van der Waals surface area (Å²) in [6.07, 6.45) is 3.60. The van der Waals surface area contributed by atoms with Crippen LogP contribution in [0.25, 0.3) is 0 Å². The van der Waals surface area contributed by atoms with E-state index in [4.69, 9.17) is 10.5 Å². The number of hydrogen-bond donors (Lipinski definition) is 1. The number of aromatic nitrogens is 1. The number of nitrogens with zero attached hydrogens (tertiary/aromatic N) is 2. The maximum Gasteiger partial charge on any atom is 0.259 e. The second-order valence-electron chi connectivity index (χ2n) is 4.09. The molecule has 2 N–H and O–H groups in total. The molecule has 1 aliphatic heterocycles. The Morgan fingerprint density at radius 1 is 1.71 bits per heavy atom. The molecule has 0 saturated carbocycles. The Morgan fingerprint density at radius 3 is 3.24 bits per heavy atom. The molecule has 2 heterocycles. The van der Waals surface area contributed by atoms with Crippen LogP contribution >= 0.6 is 0 Å². The zero-order valence-corrected chi connectivity index (χ0v) is 9.93. The van der Waals surface area contributed by atoms with Gasteiger partial charge >= 0.3 is 0 Å². The van der Waals surface area contributed by atoms with Crippen molar-refractivity contribution in [1.82, 2.24) is 9.88 Å². The third-order valence-electron chi connectivity index (χ3n) is 3.10. The molecule has 1 aromatic heterocycles. The second-order valence-corrected chi connectivity index (χ2v) is 4.09. The first-order chi connectivity index (χ1) is 8.27. The Bertz CT molecular complexity index is 408. The van der Waals surface area contributed by atoms with Crippen LogP contribution in [0.3, 0.4) is 0 Å². The lowest BCUT2D eigenvalue weighted by molar-refractivity contribution is 0.0737. The summed E-state index contributed by atoms with van der Waals surface area (Å²) in [5.41, 5.74) is 6.18. The third-order valence-corrected chi connectivity index (χ3v) is 3.10.